The van der Waals surface area contributed by atoms with Crippen LogP contribution in [0.3, 0.4) is 0 Å². The smallest absolute Gasteiger partial charge is 0.460 e. The number of halogens is 5. The van der Waals surface area contributed by atoms with Gasteiger partial charge in [0.25, 0.3) is 0 Å². The maximum absolute atomic E-state index is 13.9. The highest BCUT2D eigenvalue weighted by molar-refractivity contribution is 7.88. The molecule has 0 fully saturated rings. The Morgan fingerprint density at radius 1 is 1.19 bits per heavy atom. The van der Waals surface area contributed by atoms with Crippen molar-refractivity contribution in [1.82, 2.24) is 4.98 Å². The number of alkyl halides is 3. The number of rotatable bonds is 4. The van der Waals surface area contributed by atoms with E-state index < -0.39 is 61.2 Å². The van der Waals surface area contributed by atoms with E-state index >= 15 is 0 Å². The van der Waals surface area contributed by atoms with Gasteiger partial charge in [-0.25, -0.2) is 13.8 Å². The minimum Gasteiger partial charge on any atom is -0.460 e. The van der Waals surface area contributed by atoms with Crippen molar-refractivity contribution in [3.8, 4) is 5.75 Å². The minimum absolute atomic E-state index is 0.127. The van der Waals surface area contributed by atoms with Crippen LogP contribution in [0.4, 0.5) is 22.0 Å². The fourth-order valence-electron chi connectivity index (χ4n) is 1.85. The molecule has 0 N–H and O–H groups in total. The molecule has 2 rings (SSSR count). The monoisotopic (exact) mass is 433 g/mol. The van der Waals surface area contributed by atoms with Gasteiger partial charge in [0.1, 0.15) is 21.9 Å². The van der Waals surface area contributed by atoms with Crippen molar-refractivity contribution in [2.24, 2.45) is 0 Å². The lowest BCUT2D eigenvalue weighted by Gasteiger charge is -2.18. The van der Waals surface area contributed by atoms with E-state index in [0.717, 1.165) is 0 Å². The average Bonchev–Trinajstić information content (AvgIpc) is 2.84. The van der Waals surface area contributed by atoms with E-state index in [2.05, 4.69) is 9.17 Å². The summed E-state index contributed by atoms with van der Waals surface area (Å²) in [4.78, 5) is 15.5. The molecule has 0 aliphatic heterocycles. The number of carbonyl (C=O) groups excluding carboxylic acids is 1. The number of thiazole rings is 1. The molecule has 1 heterocycles. The Balaban J connectivity index is 2.48. The zero-order chi connectivity index (χ0) is 20.8. The Morgan fingerprint density at radius 2 is 1.78 bits per heavy atom. The Hall–Kier alpha value is -2.02. The topological polar surface area (TPSA) is 82.6 Å². The van der Waals surface area contributed by atoms with Gasteiger partial charge in [0.15, 0.2) is 5.82 Å². The molecule has 0 bridgehead atoms. The summed E-state index contributed by atoms with van der Waals surface area (Å²) in [5.41, 5.74) is -7.45. The van der Waals surface area contributed by atoms with Gasteiger partial charge in [0.2, 0.25) is 5.75 Å². The second-order valence-electron chi connectivity index (χ2n) is 6.20. The van der Waals surface area contributed by atoms with Crippen molar-refractivity contribution in [2.45, 2.75) is 38.3 Å². The molecule has 1 aromatic carbocycles. The average molecular weight is 433 g/mol. The maximum atomic E-state index is 13.9. The van der Waals surface area contributed by atoms with E-state index in [9.17, 15) is 35.2 Å². The molecule has 0 unspecified atom stereocenters. The Bertz CT molecular complexity index is 992. The molecule has 0 aliphatic rings. The van der Waals surface area contributed by atoms with E-state index in [1.165, 1.54) is 0 Å². The summed E-state index contributed by atoms with van der Waals surface area (Å²) >= 11 is 0.525. The van der Waals surface area contributed by atoms with Crippen LogP contribution in [0.15, 0.2) is 6.07 Å². The van der Waals surface area contributed by atoms with E-state index in [4.69, 9.17) is 4.74 Å². The first-order valence-corrected chi connectivity index (χ1v) is 9.33. The second kappa shape index (κ2) is 6.86. The van der Waals surface area contributed by atoms with E-state index in [1.807, 2.05) is 0 Å². The largest absolute Gasteiger partial charge is 0.534 e. The van der Waals surface area contributed by atoms with Gasteiger partial charge >= 0.3 is 21.6 Å². The van der Waals surface area contributed by atoms with Crippen molar-refractivity contribution >= 4 is 37.6 Å². The van der Waals surface area contributed by atoms with Crippen LogP contribution >= 0.6 is 11.3 Å². The molecule has 0 saturated heterocycles. The maximum Gasteiger partial charge on any atom is 0.534 e. The Kier molecular flexibility index (Phi) is 5.40. The van der Waals surface area contributed by atoms with Crippen molar-refractivity contribution in [2.75, 3.05) is 0 Å². The zero-order valence-corrected chi connectivity index (χ0v) is 15.6. The summed E-state index contributed by atoms with van der Waals surface area (Å²) < 4.78 is 95.8. The SMILES string of the molecule is CC(C)(C)OC(=O)Cc1nc2c(OS(=O)(=O)C(F)(F)F)c(F)cc(F)c2s1. The van der Waals surface area contributed by atoms with Crippen molar-refractivity contribution in [3.63, 3.8) is 0 Å². The van der Waals surface area contributed by atoms with Crippen LogP contribution < -0.4 is 4.18 Å². The Labute approximate surface area is 154 Å². The van der Waals surface area contributed by atoms with Gasteiger partial charge in [-0.05, 0) is 20.8 Å². The highest BCUT2D eigenvalue weighted by Crippen LogP contribution is 2.37. The normalized spacial score (nSPS) is 13.0. The van der Waals surface area contributed by atoms with E-state index in [1.54, 1.807) is 20.8 Å². The molecule has 27 heavy (non-hydrogen) atoms. The van der Waals surface area contributed by atoms with E-state index in [0.29, 0.717) is 11.3 Å². The van der Waals surface area contributed by atoms with Crippen LogP contribution in [0.5, 0.6) is 5.75 Å². The first-order valence-electron chi connectivity index (χ1n) is 7.11. The third-order valence-electron chi connectivity index (χ3n) is 2.77. The molecule has 150 valence electrons. The van der Waals surface area contributed by atoms with Crippen LogP contribution in [0.1, 0.15) is 25.8 Å². The molecule has 0 spiro atoms. The number of ether oxygens (including phenoxy) is 1. The Morgan fingerprint density at radius 3 is 2.30 bits per heavy atom. The standard InChI is InChI=1S/C14H12F5NO5S2/c1-13(2,3)24-9(21)5-8-20-10-11(25-27(22,23)14(17,18)19)6(15)4-7(16)12(10)26-8/h4H,5H2,1-3H3. The molecule has 0 aliphatic carbocycles. The summed E-state index contributed by atoms with van der Waals surface area (Å²) in [5, 5.41) is -0.127. The summed E-state index contributed by atoms with van der Waals surface area (Å²) in [5.74, 6) is -5.07. The summed E-state index contributed by atoms with van der Waals surface area (Å²) in [6.07, 6.45) is -0.483. The summed E-state index contributed by atoms with van der Waals surface area (Å²) in [7, 11) is -6.20. The fraction of sp³-hybridized carbons (Fsp3) is 0.429. The van der Waals surface area contributed by atoms with Gasteiger partial charge in [0.05, 0.1) is 11.1 Å². The summed E-state index contributed by atoms with van der Waals surface area (Å²) in [6, 6.07) is 0.166. The number of esters is 1. The van der Waals surface area contributed by atoms with Gasteiger partial charge in [0, 0.05) is 6.07 Å². The van der Waals surface area contributed by atoms with Crippen molar-refractivity contribution < 1.29 is 44.1 Å². The molecule has 13 heteroatoms. The number of aromatic nitrogens is 1. The first kappa shape index (κ1) is 21.3. The summed E-state index contributed by atoms with van der Waals surface area (Å²) in [6.45, 7) is 4.77. The fourth-order valence-corrected chi connectivity index (χ4v) is 3.28. The van der Waals surface area contributed by atoms with Gasteiger partial charge < -0.3 is 8.92 Å². The first-order chi connectivity index (χ1) is 12.1. The predicted molar refractivity (Wildman–Crippen MR) is 84.7 cm³/mol. The molecule has 0 saturated carbocycles. The van der Waals surface area contributed by atoms with Gasteiger partial charge in [-0.2, -0.15) is 21.6 Å². The second-order valence-corrected chi connectivity index (χ2v) is 8.82. The number of benzene rings is 1. The number of hydrogen-bond donors (Lipinski definition) is 0. The minimum atomic E-state index is -6.20. The van der Waals surface area contributed by atoms with Crippen LogP contribution in [0.2, 0.25) is 0 Å². The lowest BCUT2D eigenvalue weighted by Crippen LogP contribution is -2.28. The predicted octanol–water partition coefficient (Wildman–Crippen LogP) is 3.69. The molecule has 6 nitrogen and oxygen atoms in total. The number of nitrogens with zero attached hydrogens (tertiary/aromatic N) is 1. The zero-order valence-electron chi connectivity index (χ0n) is 14.0. The lowest BCUT2D eigenvalue weighted by molar-refractivity contribution is -0.153. The van der Waals surface area contributed by atoms with Crippen molar-refractivity contribution in [3.05, 3.63) is 22.7 Å². The lowest BCUT2D eigenvalue weighted by atomic mass is 10.2. The highest BCUT2D eigenvalue weighted by atomic mass is 32.2. The molecule has 0 amide bonds. The van der Waals surface area contributed by atoms with Crippen LogP contribution in [-0.4, -0.2) is 30.5 Å². The van der Waals surface area contributed by atoms with Crippen LogP contribution in [-0.2, 0) is 26.1 Å². The van der Waals surface area contributed by atoms with Crippen LogP contribution in [0.25, 0.3) is 10.2 Å². The molecule has 1 aromatic heterocycles. The molecule has 2 aromatic rings. The molecular weight excluding hydrogens is 421 g/mol. The van der Waals surface area contributed by atoms with Crippen LogP contribution in [0, 0.1) is 11.6 Å². The highest BCUT2D eigenvalue weighted by Gasteiger charge is 2.49. The van der Waals surface area contributed by atoms with Gasteiger partial charge in [-0.3, -0.25) is 4.79 Å². The van der Waals surface area contributed by atoms with Gasteiger partial charge in [-0.1, -0.05) is 0 Å². The third kappa shape index (κ3) is 4.83. The molecular formula is C14H12F5NO5S2. The quantitative estimate of drug-likeness (QED) is 0.317. The number of carbonyl (C=O) groups is 1. The van der Waals surface area contributed by atoms with E-state index in [-0.39, 0.29) is 11.1 Å². The number of hydrogen-bond acceptors (Lipinski definition) is 7. The van der Waals surface area contributed by atoms with Crippen molar-refractivity contribution in [1.29, 1.82) is 0 Å². The third-order valence-corrected chi connectivity index (χ3v) is 4.78. The molecule has 0 radical (unpaired) electrons. The number of fused-ring (bicyclic) bond motifs is 1. The molecule has 0 atom stereocenters. The van der Waals surface area contributed by atoms with Gasteiger partial charge in [-0.15, -0.1) is 11.3 Å².